The summed E-state index contributed by atoms with van der Waals surface area (Å²) < 4.78 is 24.9. The van der Waals surface area contributed by atoms with Gasteiger partial charge in [-0.1, -0.05) is 0 Å². The Morgan fingerprint density at radius 1 is 1.69 bits per heavy atom. The molecule has 0 saturated heterocycles. The van der Waals surface area contributed by atoms with Crippen molar-refractivity contribution in [2.45, 2.75) is 19.8 Å². The number of rotatable bonds is 3. The van der Waals surface area contributed by atoms with Gasteiger partial charge in [-0.3, -0.25) is 10.1 Å². The molecule has 0 aliphatic rings. The highest BCUT2D eigenvalue weighted by Gasteiger charge is 2.27. The van der Waals surface area contributed by atoms with E-state index in [2.05, 4.69) is 4.98 Å². The Bertz CT molecular complexity index is 469. The lowest BCUT2D eigenvalue weighted by Crippen LogP contribution is -2.04. The van der Waals surface area contributed by atoms with Gasteiger partial charge in [0.05, 0.1) is 17.4 Å². The maximum atomic E-state index is 12.5. The number of alkyl halides is 2. The molecule has 1 heterocycles. The third-order valence-corrected chi connectivity index (χ3v) is 2.10. The Balaban J connectivity index is 3.43. The van der Waals surface area contributed by atoms with Gasteiger partial charge < -0.3 is 0 Å². The highest BCUT2D eigenvalue weighted by Crippen LogP contribution is 2.31. The number of nitrogens with zero attached hydrogens (tertiary/aromatic N) is 3. The summed E-state index contributed by atoms with van der Waals surface area (Å²) in [7, 11) is 0. The zero-order chi connectivity index (χ0) is 12.3. The molecule has 0 unspecified atom stereocenters. The summed E-state index contributed by atoms with van der Waals surface area (Å²) in [5.41, 5.74) is -1.21. The fourth-order valence-electron chi connectivity index (χ4n) is 1.30. The van der Waals surface area contributed by atoms with E-state index < -0.39 is 22.7 Å². The zero-order valence-corrected chi connectivity index (χ0v) is 8.28. The van der Waals surface area contributed by atoms with Crippen LogP contribution in [0.3, 0.4) is 0 Å². The monoisotopic (exact) mass is 227 g/mol. The van der Waals surface area contributed by atoms with Crippen molar-refractivity contribution >= 4 is 5.69 Å². The molecule has 0 radical (unpaired) electrons. The molecular weight excluding hydrogens is 220 g/mol. The molecular formula is C9H7F2N3O2. The molecule has 5 nitrogen and oxygen atoms in total. The van der Waals surface area contributed by atoms with Gasteiger partial charge in [-0.2, -0.15) is 5.26 Å². The van der Waals surface area contributed by atoms with E-state index in [-0.39, 0.29) is 12.0 Å². The number of hydrogen-bond donors (Lipinski definition) is 0. The molecule has 0 atom stereocenters. The second kappa shape index (κ2) is 4.61. The molecule has 1 aromatic heterocycles. The van der Waals surface area contributed by atoms with Crippen LogP contribution in [-0.2, 0) is 6.42 Å². The molecule has 16 heavy (non-hydrogen) atoms. The SMILES string of the molecule is Cc1c(CC#N)cnc(C(F)F)c1[N+](=O)[O-]. The van der Waals surface area contributed by atoms with Gasteiger partial charge in [-0.25, -0.2) is 13.8 Å². The van der Waals surface area contributed by atoms with Gasteiger partial charge in [0.25, 0.3) is 12.1 Å². The lowest BCUT2D eigenvalue weighted by Gasteiger charge is -2.06. The van der Waals surface area contributed by atoms with Crippen LogP contribution in [0.25, 0.3) is 0 Å². The zero-order valence-electron chi connectivity index (χ0n) is 8.28. The third kappa shape index (κ3) is 2.11. The highest BCUT2D eigenvalue weighted by molar-refractivity contribution is 5.48. The molecule has 0 fully saturated rings. The van der Waals surface area contributed by atoms with Gasteiger partial charge >= 0.3 is 0 Å². The minimum absolute atomic E-state index is 0.0665. The van der Waals surface area contributed by atoms with Gasteiger partial charge in [0.15, 0.2) is 5.69 Å². The molecule has 0 amide bonds. The number of halogens is 2. The molecule has 7 heteroatoms. The maximum absolute atomic E-state index is 12.5. The van der Waals surface area contributed by atoms with E-state index in [0.717, 1.165) is 6.20 Å². The normalized spacial score (nSPS) is 10.2. The van der Waals surface area contributed by atoms with Crippen LogP contribution in [0, 0.1) is 28.4 Å². The summed E-state index contributed by atoms with van der Waals surface area (Å²) >= 11 is 0. The Labute approximate surface area is 89.5 Å². The predicted molar refractivity (Wildman–Crippen MR) is 49.9 cm³/mol. The van der Waals surface area contributed by atoms with Crippen molar-refractivity contribution in [3.63, 3.8) is 0 Å². The first-order valence-corrected chi connectivity index (χ1v) is 4.27. The number of nitro groups is 1. The van der Waals surface area contributed by atoms with Crippen molar-refractivity contribution in [1.29, 1.82) is 5.26 Å². The molecule has 1 aromatic rings. The summed E-state index contributed by atoms with van der Waals surface area (Å²) in [6, 6.07) is 1.79. The molecule has 0 N–H and O–H groups in total. The van der Waals surface area contributed by atoms with Crippen LogP contribution in [0.5, 0.6) is 0 Å². The van der Waals surface area contributed by atoms with Crippen LogP contribution >= 0.6 is 0 Å². The fraction of sp³-hybridized carbons (Fsp3) is 0.333. The van der Waals surface area contributed by atoms with Crippen molar-refractivity contribution in [3.8, 4) is 6.07 Å². The minimum atomic E-state index is -3.00. The minimum Gasteiger partial charge on any atom is -0.258 e. The molecule has 0 aliphatic carbocycles. The van der Waals surface area contributed by atoms with E-state index in [1.807, 2.05) is 0 Å². The van der Waals surface area contributed by atoms with Crippen molar-refractivity contribution in [2.24, 2.45) is 0 Å². The van der Waals surface area contributed by atoms with Gasteiger partial charge in [0, 0.05) is 11.8 Å². The van der Waals surface area contributed by atoms with Gasteiger partial charge in [-0.15, -0.1) is 0 Å². The maximum Gasteiger partial charge on any atom is 0.299 e. The first kappa shape index (κ1) is 12.0. The van der Waals surface area contributed by atoms with Gasteiger partial charge in [0.1, 0.15) is 0 Å². The number of aromatic nitrogens is 1. The number of hydrogen-bond acceptors (Lipinski definition) is 4. The summed E-state index contributed by atoms with van der Waals surface area (Å²) in [5, 5.41) is 19.1. The van der Waals surface area contributed by atoms with Crippen LogP contribution in [0.4, 0.5) is 14.5 Å². The highest BCUT2D eigenvalue weighted by atomic mass is 19.3. The van der Waals surface area contributed by atoms with E-state index >= 15 is 0 Å². The Hall–Kier alpha value is -2.10. The van der Waals surface area contributed by atoms with E-state index in [0.29, 0.717) is 5.56 Å². The topological polar surface area (TPSA) is 79.8 Å². The van der Waals surface area contributed by atoms with E-state index in [9.17, 15) is 18.9 Å². The fourth-order valence-corrected chi connectivity index (χ4v) is 1.30. The number of pyridine rings is 1. The summed E-state index contributed by atoms with van der Waals surface area (Å²) in [6.45, 7) is 1.33. The number of nitriles is 1. The van der Waals surface area contributed by atoms with Crippen molar-refractivity contribution in [3.05, 3.63) is 33.1 Å². The van der Waals surface area contributed by atoms with Crippen LogP contribution in [0.1, 0.15) is 23.2 Å². The van der Waals surface area contributed by atoms with Crippen LogP contribution in [0.15, 0.2) is 6.20 Å². The molecule has 0 aromatic carbocycles. The molecule has 0 aliphatic heterocycles. The Morgan fingerprint density at radius 3 is 2.75 bits per heavy atom. The lowest BCUT2D eigenvalue weighted by atomic mass is 10.1. The lowest BCUT2D eigenvalue weighted by molar-refractivity contribution is -0.387. The van der Waals surface area contributed by atoms with E-state index in [4.69, 9.17) is 5.26 Å². The van der Waals surface area contributed by atoms with Crippen molar-refractivity contribution in [2.75, 3.05) is 0 Å². The molecule has 0 saturated carbocycles. The van der Waals surface area contributed by atoms with Crippen LogP contribution in [-0.4, -0.2) is 9.91 Å². The Kier molecular flexibility index (Phi) is 3.45. The van der Waals surface area contributed by atoms with Crippen molar-refractivity contribution in [1.82, 2.24) is 4.98 Å². The Morgan fingerprint density at radius 2 is 2.31 bits per heavy atom. The quantitative estimate of drug-likeness (QED) is 0.586. The summed E-state index contributed by atoms with van der Waals surface area (Å²) in [4.78, 5) is 13.1. The van der Waals surface area contributed by atoms with Crippen molar-refractivity contribution < 1.29 is 13.7 Å². The van der Waals surface area contributed by atoms with Crippen LogP contribution in [0.2, 0.25) is 0 Å². The summed E-state index contributed by atoms with van der Waals surface area (Å²) in [5.74, 6) is 0. The van der Waals surface area contributed by atoms with E-state index in [1.54, 1.807) is 6.07 Å². The van der Waals surface area contributed by atoms with Gasteiger partial charge in [0.2, 0.25) is 0 Å². The largest absolute Gasteiger partial charge is 0.299 e. The third-order valence-electron chi connectivity index (χ3n) is 2.10. The predicted octanol–water partition coefficient (Wildman–Crippen LogP) is 2.30. The molecule has 1 rings (SSSR count). The second-order valence-electron chi connectivity index (χ2n) is 3.03. The van der Waals surface area contributed by atoms with E-state index in [1.165, 1.54) is 6.92 Å². The molecule has 0 bridgehead atoms. The van der Waals surface area contributed by atoms with Gasteiger partial charge in [-0.05, 0) is 12.5 Å². The van der Waals surface area contributed by atoms with Crippen LogP contribution < -0.4 is 0 Å². The molecule has 84 valence electrons. The summed E-state index contributed by atoms with van der Waals surface area (Å²) in [6.07, 6.45) is -2.02. The smallest absolute Gasteiger partial charge is 0.258 e. The standard InChI is InChI=1S/C9H7F2N3O2/c1-5-6(2-3-12)4-13-7(9(10)11)8(5)14(15)16/h4,9H,2H2,1H3. The molecule has 0 spiro atoms. The average molecular weight is 227 g/mol. The average Bonchev–Trinajstić information content (AvgIpc) is 2.20. The first-order valence-electron chi connectivity index (χ1n) is 4.27. The first-order chi connectivity index (χ1) is 7.49. The second-order valence-corrected chi connectivity index (χ2v) is 3.03.